The molecule has 14 N–H and O–H groups in total. The third-order valence-electron chi connectivity index (χ3n) is 20.0. The standard InChI is InChI=1S/C86H74N28O25S8/c1-49-41-57(13-29-69(49)106-110-73-33-17-61(45-77(73)144(128,129)130)102-98-53-5-21-65(22-6-53)140(116,117)118)88-82-92-81(93-83(94-82)89-58-14-30-70(50(2)42-58)107-111-74-34-18-62(46-78(74)145(131,132)133)103-99-54-7-23-66(24-8-54)141(119,120)121)87-37-38-114(39-40-115)86-96-84(90-59-15-31-71(51(3)43-59)108-112-75-35-19-63(47-79(75)146(134,135)136)104-100-55-9-25-67(26-10-55)142(122,123)124)95-85(97-86)91-60-16-32-72(52(4)44-60)109-113-76-36-20-64(48-80(76)147(137,138)139)105-101-56-11-27-68(28-12-56)143(125,126)127/h5-36,41-48,115H,37-40H2,1-4H3,(H,116,117,118)(H,119,120,121)(H,122,123,124)(H,125,126,127)(H,128,129,130)(H,131,132,133)(H,134,135,136)(H,137,138,139)(H2,90,91,95,96,97)(H3,87,88,89,92,93,94). The maximum Gasteiger partial charge on any atom is 0.296 e. The van der Waals surface area contributed by atoms with Crippen LogP contribution >= 0.6 is 0 Å². The van der Waals surface area contributed by atoms with Crippen molar-refractivity contribution in [3.05, 3.63) is 265 Å². The topological polar surface area (TPSA) is 794 Å². The van der Waals surface area contributed by atoms with Crippen LogP contribution in [0.3, 0.4) is 0 Å². The minimum atomic E-state index is -5.00. The second-order valence-corrected chi connectivity index (χ2v) is 42.0. The largest absolute Gasteiger partial charge is 0.395 e. The quantitative estimate of drug-likeness (QED) is 0.0126. The molecule has 0 aliphatic heterocycles. The number of aliphatic hydroxyl groups excluding tert-OH is 1. The van der Waals surface area contributed by atoms with E-state index in [0.29, 0.717) is 45.0 Å². The highest BCUT2D eigenvalue weighted by atomic mass is 32.2. The monoisotopic (exact) mass is 2150 g/mol. The van der Waals surface area contributed by atoms with Crippen molar-refractivity contribution < 1.29 is 109 Å². The molecule has 0 atom stereocenters. The van der Waals surface area contributed by atoms with Gasteiger partial charge in [-0.1, -0.05) is 0 Å². The molecule has 14 rings (SSSR count). The number of aliphatic hydroxyl groups is 1. The molecule has 2 heterocycles. The van der Waals surface area contributed by atoms with Crippen LogP contribution in [0.2, 0.25) is 0 Å². The number of rotatable bonds is 39. The van der Waals surface area contributed by atoms with E-state index in [9.17, 15) is 109 Å². The minimum Gasteiger partial charge on any atom is -0.395 e. The molecule has 0 fully saturated rings. The Morgan fingerprint density at radius 1 is 0.231 bits per heavy atom. The van der Waals surface area contributed by atoms with Gasteiger partial charge in [-0.25, -0.2) is 0 Å². The Kier molecular flexibility index (Phi) is 32.1. The summed E-state index contributed by atoms with van der Waals surface area (Å²) >= 11 is 0. The lowest BCUT2D eigenvalue weighted by molar-refractivity contribution is 0.301. The fraction of sp³-hybridized carbons (Fsp3) is 0.0930. The van der Waals surface area contributed by atoms with Crippen molar-refractivity contribution in [2.75, 3.05) is 57.7 Å². The van der Waals surface area contributed by atoms with E-state index in [-0.39, 0.29) is 146 Å². The SMILES string of the molecule is Cc1cc(Nc2nc(NCCN(CCO)c3nc(Nc4ccc(N=Nc5ccc(N=Nc6ccc(S(=O)(=O)O)cc6)cc5S(=O)(=O)O)c(C)c4)nc(Nc4ccc(N=Nc5ccc(N=Nc6ccc(S(=O)(=O)O)cc6)cc5S(=O)(=O)O)c(C)c4)n3)nc(Nc3ccc(N=Nc4ccc(N=Nc5ccc(S(=O)(=O)O)cc5)cc4S(=O)(=O)O)c(C)c3)n2)ccc1N=Nc1ccc(N=Nc2ccc(S(=O)(=O)O)cc2)cc1S(=O)(=O)O. The maximum absolute atomic E-state index is 12.8. The zero-order chi connectivity index (χ0) is 106. The van der Waals surface area contributed by atoms with Crippen molar-refractivity contribution in [2.24, 2.45) is 81.8 Å². The van der Waals surface area contributed by atoms with E-state index in [4.69, 9.17) is 9.97 Å². The van der Waals surface area contributed by atoms with Crippen LogP contribution in [-0.2, 0) is 80.9 Å². The lowest BCUT2D eigenvalue weighted by Crippen LogP contribution is -2.33. The predicted molar refractivity (Wildman–Crippen MR) is 529 cm³/mol. The van der Waals surface area contributed by atoms with Gasteiger partial charge in [0.1, 0.15) is 42.3 Å². The maximum atomic E-state index is 12.8. The van der Waals surface area contributed by atoms with Crippen molar-refractivity contribution in [1.29, 1.82) is 0 Å². The highest BCUT2D eigenvalue weighted by Gasteiger charge is 2.26. The predicted octanol–water partition coefficient (Wildman–Crippen LogP) is 20.5. The van der Waals surface area contributed by atoms with Crippen molar-refractivity contribution >= 4 is 230 Å². The molecule has 0 unspecified atom stereocenters. The highest BCUT2D eigenvalue weighted by molar-refractivity contribution is 7.87. The number of anilines is 10. The zero-order valence-corrected chi connectivity index (χ0v) is 82.1. The van der Waals surface area contributed by atoms with Crippen LogP contribution in [0, 0.1) is 27.7 Å². The fourth-order valence-electron chi connectivity index (χ4n) is 12.9. The molecule has 0 aliphatic carbocycles. The van der Waals surface area contributed by atoms with E-state index in [1.54, 1.807) is 81.1 Å². The summed E-state index contributed by atoms with van der Waals surface area (Å²) in [5, 5.41) is 91.9. The number of aromatic nitrogens is 6. The molecule has 2 aromatic heterocycles. The van der Waals surface area contributed by atoms with E-state index in [2.05, 4.69) is 128 Å². The Morgan fingerprint density at radius 3 is 0.653 bits per heavy atom. The lowest BCUT2D eigenvalue weighted by atomic mass is 10.2. The van der Waals surface area contributed by atoms with Crippen LogP contribution in [0.4, 0.5) is 149 Å². The average Bonchev–Trinajstić information content (AvgIpc) is 0.888. The summed E-state index contributed by atoms with van der Waals surface area (Å²) in [4.78, 5) is 25.3. The lowest BCUT2D eigenvalue weighted by Gasteiger charge is -2.23. The van der Waals surface area contributed by atoms with Crippen LogP contribution in [0.15, 0.2) is 364 Å². The number of azo groups is 8. The van der Waals surface area contributed by atoms with E-state index in [1.807, 2.05) is 0 Å². The number of benzene rings is 12. The number of nitrogens with zero attached hydrogens (tertiary/aromatic N) is 23. The normalized spacial score (nSPS) is 12.7. The first-order chi connectivity index (χ1) is 69.3. The zero-order valence-electron chi connectivity index (χ0n) is 75.5. The van der Waals surface area contributed by atoms with Gasteiger partial charge < -0.3 is 36.6 Å². The molecule has 147 heavy (non-hydrogen) atoms. The van der Waals surface area contributed by atoms with E-state index in [1.165, 1.54) is 121 Å². The first-order valence-corrected chi connectivity index (χ1v) is 53.1. The molecule has 12 aromatic carbocycles. The van der Waals surface area contributed by atoms with E-state index in [0.717, 1.165) is 72.8 Å². The molecule has 756 valence electrons. The molecule has 14 aromatic rings. The van der Waals surface area contributed by atoms with Crippen molar-refractivity contribution in [3.63, 3.8) is 0 Å². The smallest absolute Gasteiger partial charge is 0.296 e. The molecule has 0 saturated carbocycles. The van der Waals surface area contributed by atoms with Gasteiger partial charge in [0.05, 0.1) is 94.4 Å². The molecule has 0 amide bonds. The first kappa shape index (κ1) is 106. The van der Waals surface area contributed by atoms with Crippen LogP contribution in [-0.4, -0.2) is 165 Å². The summed E-state index contributed by atoms with van der Waals surface area (Å²) in [5.41, 5.74) is 2.80. The van der Waals surface area contributed by atoms with Gasteiger partial charge in [0.2, 0.25) is 35.7 Å². The van der Waals surface area contributed by atoms with Gasteiger partial charge in [-0.05, 0) is 293 Å². The Labute approximate surface area is 834 Å². The Bertz CT molecular complexity index is 8290. The molecular weight excluding hydrogens is 2080 g/mol. The van der Waals surface area contributed by atoms with Gasteiger partial charge in [-0.3, -0.25) is 36.4 Å². The Morgan fingerprint density at radius 2 is 0.435 bits per heavy atom. The van der Waals surface area contributed by atoms with Crippen molar-refractivity contribution in [1.82, 2.24) is 29.9 Å². The summed E-state index contributed by atoms with van der Waals surface area (Å²) in [6.07, 6.45) is 0. The first-order valence-electron chi connectivity index (χ1n) is 41.6. The summed E-state index contributed by atoms with van der Waals surface area (Å²) in [5.74, 6) is -0.569. The van der Waals surface area contributed by atoms with Crippen LogP contribution in [0.5, 0.6) is 0 Å². The van der Waals surface area contributed by atoms with Crippen LogP contribution in [0.25, 0.3) is 0 Å². The van der Waals surface area contributed by atoms with Gasteiger partial charge in [0.15, 0.2) is 0 Å². The molecular formula is C86H74N28O25S8. The summed E-state index contributed by atoms with van der Waals surface area (Å²) in [6, 6.07) is 50.9. The number of nitrogens with one attached hydrogen (secondary N) is 5. The van der Waals surface area contributed by atoms with Gasteiger partial charge >= 0.3 is 0 Å². The molecule has 0 spiro atoms. The molecule has 0 saturated heterocycles. The van der Waals surface area contributed by atoms with E-state index < -0.39 is 127 Å². The number of hydrogen-bond donors (Lipinski definition) is 14. The minimum absolute atomic E-state index is 0.0620. The summed E-state index contributed by atoms with van der Waals surface area (Å²) in [6.45, 7) is 5.78. The van der Waals surface area contributed by atoms with Crippen LogP contribution < -0.4 is 31.5 Å². The average molecular weight is 2160 g/mol. The van der Waals surface area contributed by atoms with Crippen LogP contribution in [0.1, 0.15) is 22.3 Å². The third kappa shape index (κ3) is 29.2. The third-order valence-corrected chi connectivity index (χ3v) is 27.0. The second-order valence-electron chi connectivity index (χ2n) is 30.7. The molecule has 61 heteroatoms. The number of hydrogen-bond acceptors (Lipinski definition) is 45. The van der Waals surface area contributed by atoms with Gasteiger partial charge in [0, 0.05) is 42.4 Å². The van der Waals surface area contributed by atoms with Gasteiger partial charge in [0.25, 0.3) is 80.9 Å². The van der Waals surface area contributed by atoms with Crippen molar-refractivity contribution in [2.45, 2.75) is 66.9 Å². The molecule has 53 nitrogen and oxygen atoms in total. The van der Waals surface area contributed by atoms with E-state index >= 15 is 0 Å². The number of aryl methyl sites for hydroxylation is 4. The highest BCUT2D eigenvalue weighted by Crippen LogP contribution is 2.41. The Balaban J connectivity index is 0.754. The van der Waals surface area contributed by atoms with Gasteiger partial charge in [-0.15, -0.1) is 20.5 Å². The summed E-state index contributed by atoms with van der Waals surface area (Å²) < 4.78 is 273. The summed E-state index contributed by atoms with van der Waals surface area (Å²) in [7, 11) is -38.1. The molecule has 0 radical (unpaired) electrons. The second kappa shape index (κ2) is 44.4. The van der Waals surface area contributed by atoms with Crippen molar-refractivity contribution in [3.8, 4) is 0 Å². The fourth-order valence-corrected chi connectivity index (χ4v) is 17.4. The molecule has 0 bridgehead atoms. The van der Waals surface area contributed by atoms with Gasteiger partial charge in [-0.2, -0.15) is 159 Å². The molecule has 0 aliphatic rings. The Hall–Kier alpha value is -16.5.